The Morgan fingerprint density at radius 1 is 1.03 bits per heavy atom. The summed E-state index contributed by atoms with van der Waals surface area (Å²) in [6.45, 7) is 0. The molecule has 178 valence electrons. The summed E-state index contributed by atoms with van der Waals surface area (Å²) in [5, 5.41) is 21.4. The normalized spacial score (nSPS) is 17.8. The van der Waals surface area contributed by atoms with Crippen LogP contribution in [0.2, 0.25) is 0 Å². The van der Waals surface area contributed by atoms with Gasteiger partial charge in [-0.25, -0.2) is 8.78 Å². The van der Waals surface area contributed by atoms with Gasteiger partial charge in [0, 0.05) is 29.8 Å². The van der Waals surface area contributed by atoms with Gasteiger partial charge in [-0.1, -0.05) is 5.10 Å². The largest absolute Gasteiger partial charge is 0.481 e. The zero-order chi connectivity index (χ0) is 24.1. The highest BCUT2D eigenvalue weighted by atomic mass is 19.2. The minimum Gasteiger partial charge on any atom is -0.481 e. The highest BCUT2D eigenvalue weighted by Crippen LogP contribution is 2.37. The van der Waals surface area contributed by atoms with Crippen LogP contribution in [0.1, 0.15) is 60.8 Å². The molecule has 1 aromatic carbocycles. The maximum Gasteiger partial charge on any atom is 0.320 e. The Balaban J connectivity index is 1.29. The van der Waals surface area contributed by atoms with Crippen molar-refractivity contribution in [2.75, 3.05) is 10.6 Å². The summed E-state index contributed by atoms with van der Waals surface area (Å²) in [5.74, 6) is -2.97. The fraction of sp³-hybridized carbons (Fsp3) is 0.348. The van der Waals surface area contributed by atoms with E-state index in [0.29, 0.717) is 23.9 Å². The summed E-state index contributed by atoms with van der Waals surface area (Å²) in [7, 11) is 0. The number of anilines is 3. The average Bonchev–Trinajstić information content (AvgIpc) is 3.30. The summed E-state index contributed by atoms with van der Waals surface area (Å²) < 4.78 is 31.6. The minimum absolute atomic E-state index is 0.149. The minimum atomic E-state index is -1.04. The fourth-order valence-electron chi connectivity index (χ4n) is 4.04. The Bertz CT molecular complexity index is 1160. The summed E-state index contributed by atoms with van der Waals surface area (Å²) in [6, 6.07) is 6.62. The van der Waals surface area contributed by atoms with Gasteiger partial charge >= 0.3 is 23.8 Å². The van der Waals surface area contributed by atoms with Gasteiger partial charge in [0.1, 0.15) is 0 Å². The first-order chi connectivity index (χ1) is 16.4. The van der Waals surface area contributed by atoms with Gasteiger partial charge in [-0.2, -0.15) is 0 Å². The SMILES string of the molecule is O=C(O)CCC1CCC(c2ccc(NC(=O)c3nnc(Nc4ccc(F)c(F)c4)o3)cn2)CC1. The highest BCUT2D eigenvalue weighted by molar-refractivity contribution is 6.00. The van der Waals surface area contributed by atoms with Crippen molar-refractivity contribution >= 4 is 29.3 Å². The van der Waals surface area contributed by atoms with Crippen molar-refractivity contribution in [2.45, 2.75) is 44.4 Å². The van der Waals surface area contributed by atoms with Crippen LogP contribution in [0.15, 0.2) is 40.9 Å². The second-order valence-electron chi connectivity index (χ2n) is 8.24. The lowest BCUT2D eigenvalue weighted by Gasteiger charge is -2.27. The molecule has 1 aliphatic carbocycles. The molecule has 3 aromatic rings. The molecule has 0 bridgehead atoms. The van der Waals surface area contributed by atoms with Crippen LogP contribution in [0.4, 0.5) is 26.2 Å². The lowest BCUT2D eigenvalue weighted by Crippen LogP contribution is -2.16. The zero-order valence-electron chi connectivity index (χ0n) is 18.1. The second kappa shape index (κ2) is 10.4. The average molecular weight is 471 g/mol. The number of nitrogens with zero attached hydrogens (tertiary/aromatic N) is 3. The molecule has 3 N–H and O–H groups in total. The molecule has 1 saturated carbocycles. The van der Waals surface area contributed by atoms with Crippen molar-refractivity contribution in [3.8, 4) is 0 Å². The summed E-state index contributed by atoms with van der Waals surface area (Å²) in [6.07, 6.45) is 6.36. The maximum atomic E-state index is 13.3. The van der Waals surface area contributed by atoms with Gasteiger partial charge in [0.05, 0.1) is 11.9 Å². The molecular formula is C23H23F2N5O4. The third-order valence-corrected chi connectivity index (χ3v) is 5.87. The van der Waals surface area contributed by atoms with E-state index in [1.54, 1.807) is 12.3 Å². The van der Waals surface area contributed by atoms with Gasteiger partial charge in [-0.05, 0) is 62.3 Å². The first-order valence-corrected chi connectivity index (χ1v) is 10.9. The number of carbonyl (C=O) groups is 2. The van der Waals surface area contributed by atoms with Crippen molar-refractivity contribution < 1.29 is 27.9 Å². The predicted molar refractivity (Wildman–Crippen MR) is 118 cm³/mol. The topological polar surface area (TPSA) is 130 Å². The van der Waals surface area contributed by atoms with Gasteiger partial charge in [-0.3, -0.25) is 14.6 Å². The molecule has 0 aliphatic heterocycles. The number of amides is 1. The Morgan fingerprint density at radius 2 is 1.79 bits per heavy atom. The molecule has 0 radical (unpaired) electrons. The monoisotopic (exact) mass is 471 g/mol. The number of carboxylic acid groups (broad SMARTS) is 1. The maximum absolute atomic E-state index is 13.3. The smallest absolute Gasteiger partial charge is 0.320 e. The first-order valence-electron chi connectivity index (χ1n) is 10.9. The molecule has 2 aromatic heterocycles. The number of benzene rings is 1. The number of nitrogens with one attached hydrogen (secondary N) is 2. The number of hydrogen-bond acceptors (Lipinski definition) is 7. The van der Waals surface area contributed by atoms with Crippen LogP contribution < -0.4 is 10.6 Å². The second-order valence-corrected chi connectivity index (χ2v) is 8.24. The third kappa shape index (κ3) is 5.91. The van der Waals surface area contributed by atoms with Crippen LogP contribution >= 0.6 is 0 Å². The van der Waals surface area contributed by atoms with Gasteiger partial charge in [0.25, 0.3) is 0 Å². The Morgan fingerprint density at radius 3 is 2.47 bits per heavy atom. The molecule has 4 rings (SSSR count). The van der Waals surface area contributed by atoms with E-state index < -0.39 is 23.5 Å². The van der Waals surface area contributed by atoms with Gasteiger partial charge in [0.2, 0.25) is 0 Å². The van der Waals surface area contributed by atoms with Crippen LogP contribution in [-0.4, -0.2) is 32.2 Å². The number of rotatable bonds is 8. The highest BCUT2D eigenvalue weighted by Gasteiger charge is 2.24. The van der Waals surface area contributed by atoms with Crippen LogP contribution in [0.5, 0.6) is 0 Å². The lowest BCUT2D eigenvalue weighted by atomic mass is 9.78. The van der Waals surface area contributed by atoms with E-state index in [-0.39, 0.29) is 24.0 Å². The standard InChI is InChI=1S/C23H23F2N5O4/c24-17-8-6-15(11-18(17)25)28-23-30-29-22(34-23)21(33)27-16-7-9-19(26-12-16)14-4-1-13(2-5-14)3-10-20(31)32/h6-9,11-14H,1-5,10H2,(H,27,33)(H,28,30)(H,31,32). The lowest BCUT2D eigenvalue weighted by molar-refractivity contribution is -0.137. The molecule has 11 heteroatoms. The van der Waals surface area contributed by atoms with Gasteiger partial charge in [0.15, 0.2) is 11.6 Å². The van der Waals surface area contributed by atoms with Crippen molar-refractivity contribution in [1.82, 2.24) is 15.2 Å². The van der Waals surface area contributed by atoms with Crippen LogP contribution in [0, 0.1) is 17.6 Å². The number of halogens is 2. The summed E-state index contributed by atoms with van der Waals surface area (Å²) >= 11 is 0. The molecule has 0 saturated heterocycles. The fourth-order valence-corrected chi connectivity index (χ4v) is 4.04. The Labute approximate surface area is 193 Å². The number of aliphatic carboxylic acids is 1. The van der Waals surface area contributed by atoms with Gasteiger partial charge in [-0.15, -0.1) is 5.10 Å². The molecule has 2 heterocycles. The molecule has 1 amide bonds. The number of carbonyl (C=O) groups excluding carboxylic acids is 1. The molecule has 0 unspecified atom stereocenters. The summed E-state index contributed by atoms with van der Waals surface area (Å²) in [5.41, 5.74) is 1.58. The third-order valence-electron chi connectivity index (χ3n) is 5.87. The Kier molecular flexibility index (Phi) is 7.09. The van der Waals surface area contributed by atoms with E-state index in [1.165, 1.54) is 6.07 Å². The number of hydrogen-bond donors (Lipinski definition) is 3. The van der Waals surface area contributed by atoms with Crippen LogP contribution in [0.3, 0.4) is 0 Å². The molecule has 1 aliphatic rings. The number of carboxylic acids is 1. The molecule has 34 heavy (non-hydrogen) atoms. The van der Waals surface area contributed by atoms with E-state index in [1.807, 2.05) is 6.07 Å². The molecule has 9 nitrogen and oxygen atoms in total. The van der Waals surface area contributed by atoms with Crippen molar-refractivity contribution in [3.05, 3.63) is 59.7 Å². The molecule has 0 atom stereocenters. The Hall–Kier alpha value is -3.89. The van der Waals surface area contributed by atoms with Crippen LogP contribution in [0.25, 0.3) is 0 Å². The van der Waals surface area contributed by atoms with E-state index in [2.05, 4.69) is 25.8 Å². The van der Waals surface area contributed by atoms with Crippen molar-refractivity contribution in [1.29, 1.82) is 0 Å². The van der Waals surface area contributed by atoms with Crippen molar-refractivity contribution in [3.63, 3.8) is 0 Å². The first kappa shape index (κ1) is 23.3. The summed E-state index contributed by atoms with van der Waals surface area (Å²) in [4.78, 5) is 27.6. The van der Waals surface area contributed by atoms with E-state index in [0.717, 1.165) is 43.5 Å². The van der Waals surface area contributed by atoms with E-state index in [9.17, 15) is 18.4 Å². The quantitative estimate of drug-likeness (QED) is 0.424. The van der Waals surface area contributed by atoms with Crippen LogP contribution in [-0.2, 0) is 4.79 Å². The number of aromatic nitrogens is 3. The predicted octanol–water partition coefficient (Wildman–Crippen LogP) is 4.88. The zero-order valence-corrected chi connectivity index (χ0v) is 18.1. The van der Waals surface area contributed by atoms with E-state index >= 15 is 0 Å². The van der Waals surface area contributed by atoms with Gasteiger partial charge < -0.3 is 20.2 Å². The molecular weight excluding hydrogens is 448 g/mol. The molecule has 1 fully saturated rings. The van der Waals surface area contributed by atoms with Crippen molar-refractivity contribution in [2.24, 2.45) is 5.92 Å². The van der Waals surface area contributed by atoms with E-state index in [4.69, 9.17) is 9.52 Å². The number of pyridine rings is 1. The molecule has 0 spiro atoms.